The predicted octanol–water partition coefficient (Wildman–Crippen LogP) is 2.09. The number of hydrogen-bond acceptors (Lipinski definition) is 2. The van der Waals surface area contributed by atoms with Gasteiger partial charge in [0.15, 0.2) is 0 Å². The lowest BCUT2D eigenvalue weighted by atomic mass is 10.0. The molecule has 1 fully saturated rings. The van der Waals surface area contributed by atoms with Crippen molar-refractivity contribution in [2.75, 3.05) is 26.3 Å². The van der Waals surface area contributed by atoms with Crippen molar-refractivity contribution in [2.24, 2.45) is 5.92 Å². The Morgan fingerprint density at radius 3 is 2.60 bits per heavy atom. The van der Waals surface area contributed by atoms with Crippen LogP contribution in [0.15, 0.2) is 24.3 Å². The van der Waals surface area contributed by atoms with E-state index in [0.717, 1.165) is 31.6 Å². The van der Waals surface area contributed by atoms with Gasteiger partial charge >= 0.3 is 6.03 Å². The molecule has 2 N–H and O–H groups in total. The van der Waals surface area contributed by atoms with Gasteiger partial charge in [-0.3, -0.25) is 0 Å². The SMILES string of the molecule is O=C(NCCc1ccc(F)cc1)NCC1CCOCC1. The molecule has 20 heavy (non-hydrogen) atoms. The van der Waals surface area contributed by atoms with Crippen molar-refractivity contribution in [1.82, 2.24) is 10.6 Å². The Bertz CT molecular complexity index is 416. The summed E-state index contributed by atoms with van der Waals surface area (Å²) in [6.07, 6.45) is 2.72. The van der Waals surface area contributed by atoms with Gasteiger partial charge in [-0.2, -0.15) is 0 Å². The molecular formula is C15H21FN2O2. The minimum atomic E-state index is -0.240. The van der Waals surface area contributed by atoms with E-state index in [9.17, 15) is 9.18 Å². The highest BCUT2D eigenvalue weighted by atomic mass is 19.1. The topological polar surface area (TPSA) is 50.4 Å². The van der Waals surface area contributed by atoms with Crippen LogP contribution in [0, 0.1) is 11.7 Å². The Morgan fingerprint density at radius 1 is 1.20 bits per heavy atom. The number of halogens is 1. The largest absolute Gasteiger partial charge is 0.381 e. The fourth-order valence-electron chi connectivity index (χ4n) is 2.22. The van der Waals surface area contributed by atoms with Gasteiger partial charge < -0.3 is 15.4 Å². The molecule has 0 radical (unpaired) electrons. The van der Waals surface area contributed by atoms with Crippen molar-refractivity contribution >= 4 is 6.03 Å². The van der Waals surface area contributed by atoms with E-state index in [2.05, 4.69) is 10.6 Å². The van der Waals surface area contributed by atoms with E-state index < -0.39 is 0 Å². The number of carbonyl (C=O) groups excluding carboxylic acids is 1. The second-order valence-electron chi connectivity index (χ2n) is 5.07. The molecule has 0 atom stereocenters. The van der Waals surface area contributed by atoms with E-state index in [1.54, 1.807) is 12.1 Å². The fourth-order valence-corrected chi connectivity index (χ4v) is 2.22. The molecule has 1 heterocycles. The van der Waals surface area contributed by atoms with Gasteiger partial charge in [0.05, 0.1) is 0 Å². The highest BCUT2D eigenvalue weighted by molar-refractivity contribution is 5.73. The zero-order chi connectivity index (χ0) is 14.2. The van der Waals surface area contributed by atoms with Gasteiger partial charge in [-0.25, -0.2) is 9.18 Å². The number of carbonyl (C=O) groups is 1. The zero-order valence-corrected chi connectivity index (χ0v) is 11.5. The summed E-state index contributed by atoms with van der Waals surface area (Å²) in [5, 5.41) is 5.69. The highest BCUT2D eigenvalue weighted by Crippen LogP contribution is 2.12. The maximum atomic E-state index is 12.7. The van der Waals surface area contributed by atoms with E-state index in [0.29, 0.717) is 25.4 Å². The molecule has 0 aromatic heterocycles. The van der Waals surface area contributed by atoms with Gasteiger partial charge in [-0.1, -0.05) is 12.1 Å². The summed E-state index contributed by atoms with van der Waals surface area (Å²) >= 11 is 0. The Balaban J connectivity index is 1.58. The molecule has 1 aliphatic heterocycles. The number of amides is 2. The maximum absolute atomic E-state index is 12.7. The normalized spacial score (nSPS) is 15.8. The Kier molecular flexibility index (Phi) is 5.80. The standard InChI is InChI=1S/C15H21FN2O2/c16-14-3-1-12(2-4-14)5-8-17-15(19)18-11-13-6-9-20-10-7-13/h1-4,13H,5-11H2,(H2,17,18,19). The molecule has 1 aromatic carbocycles. The molecule has 2 amide bonds. The summed E-state index contributed by atoms with van der Waals surface area (Å²) in [4.78, 5) is 11.6. The van der Waals surface area contributed by atoms with E-state index in [1.165, 1.54) is 12.1 Å². The molecule has 0 saturated carbocycles. The van der Waals surface area contributed by atoms with Crippen LogP contribution in [-0.4, -0.2) is 32.3 Å². The van der Waals surface area contributed by atoms with Crippen LogP contribution in [0.1, 0.15) is 18.4 Å². The van der Waals surface area contributed by atoms with Crippen molar-refractivity contribution in [3.8, 4) is 0 Å². The van der Waals surface area contributed by atoms with Crippen LogP contribution >= 0.6 is 0 Å². The molecular weight excluding hydrogens is 259 g/mol. The second-order valence-corrected chi connectivity index (χ2v) is 5.07. The van der Waals surface area contributed by atoms with Gasteiger partial charge in [0.2, 0.25) is 0 Å². The number of ether oxygens (including phenoxy) is 1. The van der Waals surface area contributed by atoms with E-state index >= 15 is 0 Å². The molecule has 1 aromatic rings. The van der Waals surface area contributed by atoms with Gasteiger partial charge in [0.1, 0.15) is 5.82 Å². The van der Waals surface area contributed by atoms with Crippen LogP contribution in [0.25, 0.3) is 0 Å². The van der Waals surface area contributed by atoms with Crippen molar-refractivity contribution in [3.05, 3.63) is 35.6 Å². The van der Waals surface area contributed by atoms with Crippen LogP contribution in [0.2, 0.25) is 0 Å². The van der Waals surface area contributed by atoms with Crippen LogP contribution in [0.5, 0.6) is 0 Å². The lowest BCUT2D eigenvalue weighted by molar-refractivity contribution is 0.0669. The molecule has 0 bridgehead atoms. The first-order valence-electron chi connectivity index (χ1n) is 7.08. The molecule has 4 nitrogen and oxygen atoms in total. The summed E-state index contributed by atoms with van der Waals surface area (Å²) in [6, 6.07) is 6.19. The van der Waals surface area contributed by atoms with E-state index in [4.69, 9.17) is 4.74 Å². The number of urea groups is 1. The van der Waals surface area contributed by atoms with Crippen LogP contribution in [0.3, 0.4) is 0 Å². The summed E-state index contributed by atoms with van der Waals surface area (Å²) < 4.78 is 18.0. The molecule has 1 saturated heterocycles. The van der Waals surface area contributed by atoms with Crippen LogP contribution in [0.4, 0.5) is 9.18 Å². The van der Waals surface area contributed by atoms with Crippen LogP contribution in [-0.2, 0) is 11.2 Å². The number of nitrogens with one attached hydrogen (secondary N) is 2. The monoisotopic (exact) mass is 280 g/mol. The first-order valence-corrected chi connectivity index (χ1v) is 7.08. The van der Waals surface area contributed by atoms with E-state index in [1.807, 2.05) is 0 Å². The molecule has 0 unspecified atom stereocenters. The lowest BCUT2D eigenvalue weighted by Crippen LogP contribution is -2.40. The third kappa shape index (κ3) is 5.17. The average molecular weight is 280 g/mol. The first-order chi connectivity index (χ1) is 9.74. The minimum Gasteiger partial charge on any atom is -0.381 e. The van der Waals surface area contributed by atoms with Gasteiger partial charge in [-0.15, -0.1) is 0 Å². The Hall–Kier alpha value is -1.62. The van der Waals surface area contributed by atoms with Gasteiger partial charge in [0.25, 0.3) is 0 Å². The molecule has 1 aliphatic rings. The van der Waals surface area contributed by atoms with Crippen molar-refractivity contribution in [3.63, 3.8) is 0 Å². The lowest BCUT2D eigenvalue weighted by Gasteiger charge is -2.22. The Morgan fingerprint density at radius 2 is 1.90 bits per heavy atom. The fraction of sp³-hybridized carbons (Fsp3) is 0.533. The Labute approximate surface area is 118 Å². The molecule has 0 spiro atoms. The minimum absolute atomic E-state index is 0.140. The summed E-state index contributed by atoms with van der Waals surface area (Å²) in [7, 11) is 0. The zero-order valence-electron chi connectivity index (χ0n) is 11.5. The maximum Gasteiger partial charge on any atom is 0.314 e. The highest BCUT2D eigenvalue weighted by Gasteiger charge is 2.14. The van der Waals surface area contributed by atoms with Crippen molar-refractivity contribution in [2.45, 2.75) is 19.3 Å². The summed E-state index contributed by atoms with van der Waals surface area (Å²) in [6.45, 7) is 2.83. The predicted molar refractivity (Wildman–Crippen MR) is 75.0 cm³/mol. The third-order valence-electron chi connectivity index (χ3n) is 3.50. The second kappa shape index (κ2) is 7.85. The average Bonchev–Trinajstić information content (AvgIpc) is 2.48. The van der Waals surface area contributed by atoms with Crippen LogP contribution < -0.4 is 10.6 Å². The van der Waals surface area contributed by atoms with E-state index in [-0.39, 0.29) is 11.8 Å². The van der Waals surface area contributed by atoms with Gasteiger partial charge in [0, 0.05) is 26.3 Å². The first kappa shape index (κ1) is 14.8. The molecule has 110 valence electrons. The number of benzene rings is 1. The quantitative estimate of drug-likeness (QED) is 0.867. The third-order valence-corrected chi connectivity index (χ3v) is 3.50. The summed E-state index contributed by atoms with van der Waals surface area (Å²) in [5.74, 6) is 0.280. The molecule has 2 rings (SSSR count). The smallest absolute Gasteiger partial charge is 0.314 e. The summed E-state index contributed by atoms with van der Waals surface area (Å²) in [5.41, 5.74) is 1.01. The number of hydrogen-bond donors (Lipinski definition) is 2. The van der Waals surface area contributed by atoms with Gasteiger partial charge in [-0.05, 0) is 42.9 Å². The number of rotatable bonds is 5. The van der Waals surface area contributed by atoms with Crippen molar-refractivity contribution < 1.29 is 13.9 Å². The molecule has 5 heteroatoms. The molecule has 0 aliphatic carbocycles. The van der Waals surface area contributed by atoms with Crippen molar-refractivity contribution in [1.29, 1.82) is 0 Å².